The molecule has 2 rings (SSSR count). The molecule has 1 aromatic carbocycles. The van der Waals surface area contributed by atoms with Gasteiger partial charge in [-0.3, -0.25) is 9.59 Å². The maximum absolute atomic E-state index is 12.1. The summed E-state index contributed by atoms with van der Waals surface area (Å²) in [5.74, 6) is 0.0920. The van der Waals surface area contributed by atoms with Crippen LogP contribution in [0.2, 0.25) is 0 Å². The molecule has 23 heavy (non-hydrogen) atoms. The third kappa shape index (κ3) is 4.94. The number of hydrogen-bond donors (Lipinski definition) is 2. The molecule has 0 spiro atoms. The van der Waals surface area contributed by atoms with E-state index in [0.717, 1.165) is 31.5 Å². The highest BCUT2D eigenvalue weighted by atomic mass is 35.5. The Morgan fingerprint density at radius 1 is 1.39 bits per heavy atom. The fraction of sp³-hybridized carbons (Fsp3) is 0.529. The van der Waals surface area contributed by atoms with E-state index >= 15 is 0 Å². The maximum Gasteiger partial charge on any atom is 0.241 e. The molecule has 0 saturated carbocycles. The van der Waals surface area contributed by atoms with Crippen molar-refractivity contribution in [3.63, 3.8) is 0 Å². The van der Waals surface area contributed by atoms with Gasteiger partial charge in [0.2, 0.25) is 11.8 Å². The molecule has 2 atom stereocenters. The Morgan fingerprint density at radius 2 is 2.13 bits per heavy atom. The smallest absolute Gasteiger partial charge is 0.241 e. The molecule has 2 unspecified atom stereocenters. The summed E-state index contributed by atoms with van der Waals surface area (Å²) in [6, 6.07) is 6.88. The largest absolute Gasteiger partial charge is 0.325 e. The van der Waals surface area contributed by atoms with Gasteiger partial charge >= 0.3 is 0 Å². The van der Waals surface area contributed by atoms with E-state index in [-0.39, 0.29) is 30.1 Å². The predicted molar refractivity (Wildman–Crippen MR) is 96.0 cm³/mol. The van der Waals surface area contributed by atoms with Crippen LogP contribution in [-0.2, 0) is 9.59 Å². The van der Waals surface area contributed by atoms with E-state index in [2.05, 4.69) is 5.32 Å². The molecule has 5 nitrogen and oxygen atoms in total. The van der Waals surface area contributed by atoms with E-state index in [9.17, 15) is 9.59 Å². The lowest BCUT2D eigenvalue weighted by molar-refractivity contribution is -0.119. The molecular weight excluding hydrogens is 314 g/mol. The maximum atomic E-state index is 12.1. The van der Waals surface area contributed by atoms with Crippen LogP contribution in [0.1, 0.15) is 39.5 Å². The lowest BCUT2D eigenvalue weighted by Gasteiger charge is -2.27. The van der Waals surface area contributed by atoms with E-state index in [1.165, 1.54) is 0 Å². The molecular formula is C17H26ClN3O2. The molecule has 0 bridgehead atoms. The second-order valence-corrected chi connectivity index (χ2v) is 5.95. The quantitative estimate of drug-likeness (QED) is 0.866. The normalized spacial score (nSPS) is 17.2. The number of halogens is 1. The Bertz CT molecular complexity index is 550. The number of nitrogens with two attached hydrogens (primary N) is 1. The predicted octanol–water partition coefficient (Wildman–Crippen LogP) is 2.94. The lowest BCUT2D eigenvalue weighted by atomic mass is 9.99. The van der Waals surface area contributed by atoms with E-state index in [1.807, 2.05) is 38.1 Å². The van der Waals surface area contributed by atoms with E-state index < -0.39 is 6.04 Å². The molecule has 1 aliphatic rings. The van der Waals surface area contributed by atoms with Crippen LogP contribution >= 0.6 is 12.4 Å². The van der Waals surface area contributed by atoms with Crippen molar-refractivity contribution in [1.29, 1.82) is 0 Å². The topological polar surface area (TPSA) is 75.4 Å². The standard InChI is InChI=1S/C17H25N3O2.ClH/c1-3-12(2)16(18)17(22)19-13-7-6-8-14(11-13)20-10-5-4-9-15(20)21;/h6-8,11-12,16H,3-5,9-10,18H2,1-2H3,(H,19,22);1H. The Balaban J connectivity index is 0.00000264. The van der Waals surface area contributed by atoms with Crippen molar-refractivity contribution in [1.82, 2.24) is 0 Å². The number of benzene rings is 1. The number of rotatable bonds is 5. The number of hydrogen-bond acceptors (Lipinski definition) is 3. The van der Waals surface area contributed by atoms with Crippen molar-refractivity contribution in [3.05, 3.63) is 24.3 Å². The lowest BCUT2D eigenvalue weighted by Crippen LogP contribution is -2.40. The fourth-order valence-electron chi connectivity index (χ4n) is 2.57. The second-order valence-electron chi connectivity index (χ2n) is 5.95. The Kier molecular flexibility index (Phi) is 7.52. The van der Waals surface area contributed by atoms with Crippen LogP contribution in [0.25, 0.3) is 0 Å². The third-order valence-electron chi connectivity index (χ3n) is 4.31. The number of carbonyl (C=O) groups is 2. The Morgan fingerprint density at radius 3 is 2.78 bits per heavy atom. The first kappa shape index (κ1) is 19.5. The zero-order chi connectivity index (χ0) is 16.1. The van der Waals surface area contributed by atoms with Crippen molar-refractivity contribution in [2.24, 2.45) is 11.7 Å². The average Bonchev–Trinajstić information content (AvgIpc) is 2.54. The minimum absolute atomic E-state index is 0. The molecule has 6 heteroatoms. The van der Waals surface area contributed by atoms with Gasteiger partial charge in [-0.25, -0.2) is 0 Å². The van der Waals surface area contributed by atoms with Crippen LogP contribution in [0.4, 0.5) is 11.4 Å². The van der Waals surface area contributed by atoms with Crippen molar-refractivity contribution in [2.75, 3.05) is 16.8 Å². The molecule has 1 aliphatic heterocycles. The Hall–Kier alpha value is -1.59. The van der Waals surface area contributed by atoms with Crippen LogP contribution in [0.3, 0.4) is 0 Å². The number of carbonyl (C=O) groups excluding carboxylic acids is 2. The third-order valence-corrected chi connectivity index (χ3v) is 4.31. The number of piperidine rings is 1. The van der Waals surface area contributed by atoms with Crippen molar-refractivity contribution >= 4 is 35.6 Å². The molecule has 0 aliphatic carbocycles. The first-order chi connectivity index (χ1) is 10.5. The van der Waals surface area contributed by atoms with Gasteiger partial charge in [0.05, 0.1) is 6.04 Å². The van der Waals surface area contributed by atoms with Gasteiger partial charge in [-0.1, -0.05) is 26.3 Å². The minimum atomic E-state index is -0.523. The summed E-state index contributed by atoms with van der Waals surface area (Å²) in [4.78, 5) is 25.9. The van der Waals surface area contributed by atoms with Crippen LogP contribution < -0.4 is 16.0 Å². The summed E-state index contributed by atoms with van der Waals surface area (Å²) < 4.78 is 0. The number of amides is 2. The zero-order valence-corrected chi connectivity index (χ0v) is 14.6. The van der Waals surface area contributed by atoms with Gasteiger partial charge in [-0.2, -0.15) is 0 Å². The first-order valence-electron chi connectivity index (χ1n) is 7.99. The fourth-order valence-corrected chi connectivity index (χ4v) is 2.57. The molecule has 2 amide bonds. The second kappa shape index (κ2) is 8.89. The highest BCUT2D eigenvalue weighted by molar-refractivity contribution is 5.97. The van der Waals surface area contributed by atoms with Crippen LogP contribution in [0, 0.1) is 5.92 Å². The molecule has 1 fully saturated rings. The Labute approximate surface area is 144 Å². The summed E-state index contributed by atoms with van der Waals surface area (Å²) >= 11 is 0. The van der Waals surface area contributed by atoms with Crippen molar-refractivity contribution in [2.45, 2.75) is 45.6 Å². The molecule has 1 aromatic rings. The van der Waals surface area contributed by atoms with Crippen LogP contribution in [0.15, 0.2) is 24.3 Å². The van der Waals surface area contributed by atoms with Crippen molar-refractivity contribution in [3.8, 4) is 0 Å². The molecule has 128 valence electrons. The van der Waals surface area contributed by atoms with Gasteiger partial charge in [0.25, 0.3) is 0 Å². The number of nitrogens with zero attached hydrogens (tertiary/aromatic N) is 1. The average molecular weight is 340 g/mol. The van der Waals surface area contributed by atoms with E-state index in [4.69, 9.17) is 5.73 Å². The van der Waals surface area contributed by atoms with Crippen molar-refractivity contribution < 1.29 is 9.59 Å². The molecule has 0 radical (unpaired) electrons. The summed E-state index contributed by atoms with van der Waals surface area (Å²) in [5, 5.41) is 2.85. The molecule has 1 heterocycles. The van der Waals surface area contributed by atoms with Crippen LogP contribution in [0.5, 0.6) is 0 Å². The van der Waals surface area contributed by atoms with Gasteiger partial charge in [-0.15, -0.1) is 12.4 Å². The van der Waals surface area contributed by atoms with Crippen LogP contribution in [-0.4, -0.2) is 24.4 Å². The highest BCUT2D eigenvalue weighted by Gasteiger charge is 2.21. The SMILES string of the molecule is CCC(C)C(N)C(=O)Nc1cccc(N2CCCCC2=O)c1.Cl. The van der Waals surface area contributed by atoms with Gasteiger partial charge in [-0.05, 0) is 37.0 Å². The minimum Gasteiger partial charge on any atom is -0.325 e. The van der Waals surface area contributed by atoms with E-state index in [1.54, 1.807) is 4.90 Å². The summed E-state index contributed by atoms with van der Waals surface area (Å²) in [7, 11) is 0. The van der Waals surface area contributed by atoms with Gasteiger partial charge in [0.15, 0.2) is 0 Å². The summed E-state index contributed by atoms with van der Waals surface area (Å²) in [6.45, 7) is 4.72. The molecule has 3 N–H and O–H groups in total. The zero-order valence-electron chi connectivity index (χ0n) is 13.7. The first-order valence-corrected chi connectivity index (χ1v) is 7.99. The van der Waals surface area contributed by atoms with E-state index in [0.29, 0.717) is 12.1 Å². The molecule has 1 saturated heterocycles. The summed E-state index contributed by atoms with van der Waals surface area (Å²) in [5.41, 5.74) is 7.46. The van der Waals surface area contributed by atoms with Gasteiger partial charge < -0.3 is 16.0 Å². The van der Waals surface area contributed by atoms with Gasteiger partial charge in [0.1, 0.15) is 0 Å². The number of anilines is 2. The van der Waals surface area contributed by atoms with Gasteiger partial charge in [0, 0.05) is 24.3 Å². The highest BCUT2D eigenvalue weighted by Crippen LogP contribution is 2.24. The molecule has 0 aromatic heterocycles. The monoisotopic (exact) mass is 339 g/mol. The number of nitrogens with one attached hydrogen (secondary N) is 1. The summed E-state index contributed by atoms with van der Waals surface area (Å²) in [6.07, 6.45) is 3.42.